The molecule has 0 heterocycles. The molecule has 0 saturated heterocycles. The number of hydrogen-bond donors (Lipinski definition) is 0. The molecule has 0 radical (unpaired) electrons. The lowest BCUT2D eigenvalue weighted by Crippen LogP contribution is -2.09. The van der Waals surface area contributed by atoms with E-state index in [-0.39, 0.29) is 0 Å². The predicted molar refractivity (Wildman–Crippen MR) is 70.3 cm³/mol. The number of rotatable bonds is 1. The largest absolute Gasteiger partial charge is 0.0888 e. The van der Waals surface area contributed by atoms with Crippen LogP contribution >= 0.6 is 39.1 Å². The third-order valence-electron chi connectivity index (χ3n) is 3.32. The van der Waals surface area contributed by atoms with E-state index in [4.69, 9.17) is 23.2 Å². The van der Waals surface area contributed by atoms with Gasteiger partial charge in [-0.25, -0.2) is 0 Å². The van der Waals surface area contributed by atoms with E-state index < -0.39 is 0 Å². The van der Waals surface area contributed by atoms with E-state index >= 15 is 0 Å². The Labute approximate surface area is 109 Å². The van der Waals surface area contributed by atoms with Gasteiger partial charge >= 0.3 is 0 Å². The van der Waals surface area contributed by atoms with Gasteiger partial charge in [0.05, 0.1) is 0 Å². The third kappa shape index (κ3) is 2.35. The van der Waals surface area contributed by atoms with Gasteiger partial charge in [0.1, 0.15) is 0 Å². The van der Waals surface area contributed by atoms with Gasteiger partial charge in [0.25, 0.3) is 0 Å². The van der Waals surface area contributed by atoms with E-state index in [0.29, 0.717) is 21.7 Å². The van der Waals surface area contributed by atoms with Gasteiger partial charge in [-0.05, 0) is 42.4 Å². The Morgan fingerprint density at radius 2 is 2.00 bits per heavy atom. The average Bonchev–Trinajstić information content (AvgIpc) is 2.49. The normalized spacial score (nSPS) is 30.8. The van der Waals surface area contributed by atoms with Crippen LogP contribution in [0.15, 0.2) is 18.2 Å². The summed E-state index contributed by atoms with van der Waals surface area (Å²) in [4.78, 5) is 0.620. The van der Waals surface area contributed by atoms with Crippen molar-refractivity contribution in [1.82, 2.24) is 0 Å². The van der Waals surface area contributed by atoms with Crippen molar-refractivity contribution >= 4 is 39.1 Å². The zero-order valence-electron chi connectivity index (χ0n) is 8.51. The quantitative estimate of drug-likeness (QED) is 0.620. The van der Waals surface area contributed by atoms with Gasteiger partial charge < -0.3 is 0 Å². The van der Waals surface area contributed by atoms with Gasteiger partial charge in [0.2, 0.25) is 0 Å². The number of benzene rings is 1. The fourth-order valence-electron chi connectivity index (χ4n) is 2.36. The summed E-state index contributed by atoms with van der Waals surface area (Å²) in [5.41, 5.74) is 1.25. The molecule has 1 aromatic carbocycles. The van der Waals surface area contributed by atoms with Crippen LogP contribution in [0.5, 0.6) is 0 Å². The lowest BCUT2D eigenvalue weighted by Gasteiger charge is -2.19. The molecule has 1 aliphatic carbocycles. The molecule has 0 amide bonds. The molecule has 1 aliphatic rings. The molecule has 2 rings (SSSR count). The second-order valence-electron chi connectivity index (χ2n) is 4.22. The summed E-state index contributed by atoms with van der Waals surface area (Å²) < 4.78 is 0. The molecule has 15 heavy (non-hydrogen) atoms. The van der Waals surface area contributed by atoms with Crippen LogP contribution in [0.3, 0.4) is 0 Å². The Bertz CT molecular complexity index is 365. The Balaban J connectivity index is 2.30. The van der Waals surface area contributed by atoms with Crippen molar-refractivity contribution in [3.8, 4) is 0 Å². The van der Waals surface area contributed by atoms with Gasteiger partial charge in [-0.3, -0.25) is 0 Å². The zero-order chi connectivity index (χ0) is 11.0. The van der Waals surface area contributed by atoms with E-state index in [1.165, 1.54) is 18.4 Å². The van der Waals surface area contributed by atoms with Gasteiger partial charge in [0, 0.05) is 14.9 Å². The molecule has 1 saturated carbocycles. The summed E-state index contributed by atoms with van der Waals surface area (Å²) >= 11 is 15.8. The molecule has 3 heteroatoms. The first-order valence-electron chi connectivity index (χ1n) is 5.18. The van der Waals surface area contributed by atoms with Crippen LogP contribution in [-0.2, 0) is 0 Å². The Hall–Kier alpha value is 0.280. The number of hydrogen-bond acceptors (Lipinski definition) is 0. The molecule has 0 nitrogen and oxygen atoms in total. The van der Waals surface area contributed by atoms with Gasteiger partial charge in [-0.2, -0.15) is 0 Å². The van der Waals surface area contributed by atoms with Crippen molar-refractivity contribution in [3.05, 3.63) is 33.8 Å². The third-order valence-corrected chi connectivity index (χ3v) is 5.17. The minimum Gasteiger partial charge on any atom is -0.0888 e. The average molecular weight is 308 g/mol. The molecule has 0 bridgehead atoms. The van der Waals surface area contributed by atoms with Gasteiger partial charge in [-0.1, -0.05) is 52.1 Å². The highest BCUT2D eigenvalue weighted by Crippen LogP contribution is 2.45. The molecule has 82 valence electrons. The summed E-state index contributed by atoms with van der Waals surface area (Å²) in [6.07, 6.45) is 2.43. The maximum atomic E-state index is 6.22. The van der Waals surface area contributed by atoms with Gasteiger partial charge in [0.15, 0.2) is 0 Å². The Morgan fingerprint density at radius 3 is 2.53 bits per heavy atom. The minimum atomic E-state index is 0.569. The topological polar surface area (TPSA) is 0 Å². The van der Waals surface area contributed by atoms with Crippen molar-refractivity contribution in [3.63, 3.8) is 0 Å². The van der Waals surface area contributed by atoms with Crippen LogP contribution in [-0.4, -0.2) is 4.83 Å². The highest BCUT2D eigenvalue weighted by atomic mass is 79.9. The van der Waals surface area contributed by atoms with Crippen LogP contribution in [0.1, 0.15) is 31.2 Å². The highest BCUT2D eigenvalue weighted by Gasteiger charge is 2.32. The molecule has 0 N–H and O–H groups in total. The predicted octanol–water partition coefficient (Wildman–Crippen LogP) is 5.27. The standard InChI is InChI=1S/C12H13BrCl2/c1-7-9(4-5-11(7)13)10-3-2-8(14)6-12(10)15/h2-3,6-7,9,11H,4-5H2,1H3. The lowest BCUT2D eigenvalue weighted by molar-refractivity contribution is 0.545. The van der Waals surface area contributed by atoms with Crippen molar-refractivity contribution in [2.24, 2.45) is 5.92 Å². The molecule has 3 unspecified atom stereocenters. The van der Waals surface area contributed by atoms with Crippen LogP contribution in [0, 0.1) is 5.92 Å². The van der Waals surface area contributed by atoms with E-state index in [0.717, 1.165) is 5.02 Å². The second kappa shape index (κ2) is 4.65. The number of alkyl halides is 1. The summed E-state index contributed by atoms with van der Waals surface area (Å²) in [6, 6.07) is 5.83. The SMILES string of the molecule is CC1C(Br)CCC1c1ccc(Cl)cc1Cl. The second-order valence-corrected chi connectivity index (χ2v) is 6.24. The van der Waals surface area contributed by atoms with Crippen molar-refractivity contribution in [2.75, 3.05) is 0 Å². The molecule has 0 aliphatic heterocycles. The maximum absolute atomic E-state index is 6.22. The summed E-state index contributed by atoms with van der Waals surface area (Å²) in [5.74, 6) is 1.21. The van der Waals surface area contributed by atoms with E-state index in [1.807, 2.05) is 12.1 Å². The van der Waals surface area contributed by atoms with E-state index in [2.05, 4.69) is 28.9 Å². The summed E-state index contributed by atoms with van der Waals surface area (Å²) in [7, 11) is 0. The van der Waals surface area contributed by atoms with Crippen molar-refractivity contribution in [2.45, 2.75) is 30.5 Å². The lowest BCUT2D eigenvalue weighted by atomic mass is 9.90. The monoisotopic (exact) mass is 306 g/mol. The number of halogens is 3. The molecule has 3 atom stereocenters. The smallest absolute Gasteiger partial charge is 0.0455 e. The fraction of sp³-hybridized carbons (Fsp3) is 0.500. The van der Waals surface area contributed by atoms with Crippen LogP contribution in [0.4, 0.5) is 0 Å². The van der Waals surface area contributed by atoms with Crippen LogP contribution in [0.25, 0.3) is 0 Å². The van der Waals surface area contributed by atoms with Crippen LogP contribution < -0.4 is 0 Å². The first kappa shape index (κ1) is 11.8. The molecular weight excluding hydrogens is 295 g/mol. The fourth-order valence-corrected chi connectivity index (χ4v) is 3.54. The molecule has 1 aromatic rings. The van der Waals surface area contributed by atoms with Crippen LogP contribution in [0.2, 0.25) is 10.0 Å². The Morgan fingerprint density at radius 1 is 1.27 bits per heavy atom. The highest BCUT2D eigenvalue weighted by molar-refractivity contribution is 9.09. The molecular formula is C12H13BrCl2. The summed E-state index contributed by atoms with van der Waals surface area (Å²) in [5, 5.41) is 1.52. The summed E-state index contributed by atoms with van der Waals surface area (Å²) in [6.45, 7) is 2.28. The van der Waals surface area contributed by atoms with E-state index in [1.54, 1.807) is 0 Å². The molecule has 0 spiro atoms. The molecule has 1 fully saturated rings. The van der Waals surface area contributed by atoms with E-state index in [9.17, 15) is 0 Å². The Kier molecular flexibility index (Phi) is 3.64. The van der Waals surface area contributed by atoms with Crippen molar-refractivity contribution in [1.29, 1.82) is 0 Å². The first-order chi connectivity index (χ1) is 7.09. The van der Waals surface area contributed by atoms with Gasteiger partial charge in [-0.15, -0.1) is 0 Å². The maximum Gasteiger partial charge on any atom is 0.0455 e. The zero-order valence-corrected chi connectivity index (χ0v) is 11.6. The minimum absolute atomic E-state index is 0.569. The molecule has 0 aromatic heterocycles. The van der Waals surface area contributed by atoms with Crippen molar-refractivity contribution < 1.29 is 0 Å². The first-order valence-corrected chi connectivity index (χ1v) is 6.86.